The Hall–Kier alpha value is -1.69. The summed E-state index contributed by atoms with van der Waals surface area (Å²) in [6, 6.07) is 0.739. The predicted octanol–water partition coefficient (Wildman–Crippen LogP) is 0.555. The summed E-state index contributed by atoms with van der Waals surface area (Å²) in [6.45, 7) is 0.315. The van der Waals surface area contributed by atoms with Crippen molar-refractivity contribution in [2.75, 3.05) is 6.54 Å². The number of carbonyl (C=O) groups excluding carboxylic acids is 1. The molecule has 0 unspecified atom stereocenters. The van der Waals surface area contributed by atoms with Crippen LogP contribution in [0.3, 0.4) is 0 Å². The average molecular weight is 358 g/mol. The summed E-state index contributed by atoms with van der Waals surface area (Å²) < 4.78 is 40.4. The van der Waals surface area contributed by atoms with Gasteiger partial charge in [0.1, 0.15) is 11.5 Å². The molecule has 2 atom stereocenters. The predicted molar refractivity (Wildman–Crippen MR) is 78.8 cm³/mol. The van der Waals surface area contributed by atoms with Crippen molar-refractivity contribution in [2.24, 2.45) is 5.73 Å². The van der Waals surface area contributed by atoms with Crippen LogP contribution in [0.2, 0.25) is 0 Å². The van der Waals surface area contributed by atoms with Crippen LogP contribution >= 0.6 is 0 Å². The Bertz CT molecular complexity index is 758. The van der Waals surface area contributed by atoms with Crippen molar-refractivity contribution in [1.29, 1.82) is 0 Å². The van der Waals surface area contributed by atoms with Crippen molar-refractivity contribution < 1.29 is 26.6 Å². The maximum atomic E-state index is 12.4. The summed E-state index contributed by atoms with van der Waals surface area (Å²) in [5.41, 5.74) is 6.43. The topological polar surface area (TPSA) is 139 Å². The van der Waals surface area contributed by atoms with E-state index in [1.165, 1.54) is 4.90 Å². The molecule has 11 heteroatoms. The molecule has 2 saturated heterocycles. The molecule has 2 bridgehead atoms. The van der Waals surface area contributed by atoms with E-state index in [0.29, 0.717) is 25.1 Å². The normalized spacial score (nSPS) is 33.0. The van der Waals surface area contributed by atoms with E-state index in [0.717, 1.165) is 23.7 Å². The highest BCUT2D eigenvalue weighted by Gasteiger charge is 2.48. The zero-order chi connectivity index (χ0) is 17.1. The van der Waals surface area contributed by atoms with Crippen molar-refractivity contribution in [3.63, 3.8) is 0 Å². The molecule has 3 aliphatic rings. The summed E-state index contributed by atoms with van der Waals surface area (Å²) >= 11 is 0. The number of nitrogens with two attached hydrogens (primary N) is 1. The fourth-order valence-electron chi connectivity index (χ4n) is 3.69. The van der Waals surface area contributed by atoms with Crippen LogP contribution in [0.4, 0.5) is 4.79 Å². The van der Waals surface area contributed by atoms with Crippen molar-refractivity contribution in [1.82, 2.24) is 15.1 Å². The second-order valence-corrected chi connectivity index (χ2v) is 7.60. The first-order chi connectivity index (χ1) is 11.3. The number of hydroxylamine groups is 2. The molecule has 1 saturated carbocycles. The fourth-order valence-corrected chi connectivity index (χ4v) is 4.07. The SMILES string of the molecule is NC1CC(c2cc([C@@H]3CC[C@H]4CN3C(=O)N4OS(=O)(=O)O)no2)C1. The Balaban J connectivity index is 1.51. The highest BCUT2D eigenvalue weighted by atomic mass is 32.3. The van der Waals surface area contributed by atoms with Crippen LogP contribution in [0.25, 0.3) is 0 Å². The molecule has 3 heterocycles. The molecule has 132 valence electrons. The fraction of sp³-hybridized carbons (Fsp3) is 0.692. The van der Waals surface area contributed by atoms with Crippen molar-refractivity contribution in [3.05, 3.63) is 17.5 Å². The second-order valence-electron chi connectivity index (χ2n) is 6.59. The molecule has 3 fully saturated rings. The quantitative estimate of drug-likeness (QED) is 0.744. The number of carbonyl (C=O) groups is 1. The molecule has 24 heavy (non-hydrogen) atoms. The number of hydrogen-bond donors (Lipinski definition) is 2. The van der Waals surface area contributed by atoms with Crippen LogP contribution in [0, 0.1) is 0 Å². The smallest absolute Gasteiger partial charge is 0.361 e. The second kappa shape index (κ2) is 5.41. The van der Waals surface area contributed by atoms with Gasteiger partial charge in [0.05, 0.1) is 12.1 Å². The zero-order valence-electron chi connectivity index (χ0n) is 12.7. The summed E-state index contributed by atoms with van der Waals surface area (Å²) in [7, 11) is -4.74. The van der Waals surface area contributed by atoms with Gasteiger partial charge in [-0.3, -0.25) is 4.55 Å². The molecule has 1 aromatic heterocycles. The van der Waals surface area contributed by atoms with Gasteiger partial charge in [-0.15, -0.1) is 4.28 Å². The van der Waals surface area contributed by atoms with Crippen LogP contribution in [0.15, 0.2) is 10.6 Å². The zero-order valence-corrected chi connectivity index (χ0v) is 13.6. The highest BCUT2D eigenvalue weighted by molar-refractivity contribution is 7.80. The lowest BCUT2D eigenvalue weighted by atomic mass is 9.79. The Morgan fingerprint density at radius 3 is 2.79 bits per heavy atom. The summed E-state index contributed by atoms with van der Waals surface area (Å²) in [5.74, 6) is 1.04. The molecular weight excluding hydrogens is 340 g/mol. The van der Waals surface area contributed by atoms with Gasteiger partial charge in [-0.2, -0.15) is 13.5 Å². The lowest BCUT2D eigenvalue weighted by Gasteiger charge is -2.30. The Labute approximate surface area is 138 Å². The summed E-state index contributed by atoms with van der Waals surface area (Å²) in [5, 5.41) is 4.81. The van der Waals surface area contributed by atoms with Gasteiger partial charge in [0, 0.05) is 24.6 Å². The molecule has 4 rings (SSSR count). The average Bonchev–Trinajstić information content (AvgIpc) is 3.04. The van der Waals surface area contributed by atoms with Gasteiger partial charge in [-0.25, -0.2) is 4.79 Å². The van der Waals surface area contributed by atoms with E-state index in [9.17, 15) is 13.2 Å². The van der Waals surface area contributed by atoms with Crippen molar-refractivity contribution in [3.8, 4) is 0 Å². The van der Waals surface area contributed by atoms with E-state index >= 15 is 0 Å². The van der Waals surface area contributed by atoms with E-state index in [1.807, 2.05) is 6.07 Å². The first kappa shape index (κ1) is 15.8. The minimum absolute atomic E-state index is 0.199. The first-order valence-electron chi connectivity index (χ1n) is 7.81. The van der Waals surface area contributed by atoms with E-state index in [4.69, 9.17) is 14.8 Å². The van der Waals surface area contributed by atoms with Crippen LogP contribution in [0.5, 0.6) is 0 Å². The summed E-state index contributed by atoms with van der Waals surface area (Å²) in [6.07, 6.45) is 2.87. The monoisotopic (exact) mass is 358 g/mol. The van der Waals surface area contributed by atoms with Crippen molar-refractivity contribution in [2.45, 2.75) is 49.7 Å². The Morgan fingerprint density at radius 1 is 1.38 bits per heavy atom. The number of hydrogen-bond acceptors (Lipinski definition) is 7. The third kappa shape index (κ3) is 2.66. The number of amides is 2. The highest BCUT2D eigenvalue weighted by Crippen LogP contribution is 2.41. The van der Waals surface area contributed by atoms with Gasteiger partial charge in [0.25, 0.3) is 0 Å². The Morgan fingerprint density at radius 2 is 2.12 bits per heavy atom. The molecule has 3 N–H and O–H groups in total. The molecule has 0 radical (unpaired) electrons. The van der Waals surface area contributed by atoms with Crippen molar-refractivity contribution >= 4 is 16.4 Å². The van der Waals surface area contributed by atoms with Gasteiger partial charge in [-0.05, 0) is 25.7 Å². The van der Waals surface area contributed by atoms with Gasteiger partial charge in [-0.1, -0.05) is 5.16 Å². The van der Waals surface area contributed by atoms with Gasteiger partial charge in [0.15, 0.2) is 0 Å². The number of fused-ring (bicyclic) bond motifs is 2. The van der Waals surface area contributed by atoms with E-state index < -0.39 is 22.5 Å². The standard InChI is InChI=1S/C13H18N4O6S/c14-8-3-7(4-8)12-5-10(15-22-12)11-2-1-9-6-16(11)13(18)17(9)23-24(19,20)21/h5,7-9,11H,1-4,6,14H2,(H,19,20,21)/t7?,8?,9-,11-/m0/s1. The molecule has 1 aliphatic carbocycles. The number of piperidine rings is 1. The molecule has 10 nitrogen and oxygen atoms in total. The molecule has 0 spiro atoms. The third-order valence-corrected chi connectivity index (χ3v) is 5.31. The third-order valence-electron chi connectivity index (χ3n) is 4.96. The van der Waals surface area contributed by atoms with E-state index in [1.54, 1.807) is 0 Å². The van der Waals surface area contributed by atoms with Crippen LogP contribution in [-0.4, -0.2) is 52.7 Å². The largest absolute Gasteiger partial charge is 0.418 e. The number of urea groups is 1. The minimum atomic E-state index is -4.74. The lowest BCUT2D eigenvalue weighted by molar-refractivity contribution is -0.0317. The first-order valence-corrected chi connectivity index (χ1v) is 9.17. The van der Waals surface area contributed by atoms with Gasteiger partial charge in [0.2, 0.25) is 0 Å². The molecule has 1 aromatic rings. The maximum Gasteiger partial charge on any atom is 0.418 e. The number of aromatic nitrogens is 1. The molecular formula is C13H18N4O6S. The number of rotatable bonds is 4. The molecule has 2 aliphatic heterocycles. The van der Waals surface area contributed by atoms with Gasteiger partial charge >= 0.3 is 16.4 Å². The Kier molecular flexibility index (Phi) is 3.56. The lowest BCUT2D eigenvalue weighted by Crippen LogP contribution is -2.35. The van der Waals surface area contributed by atoms with Crippen LogP contribution in [0.1, 0.15) is 49.1 Å². The number of nitrogens with zero attached hydrogens (tertiary/aromatic N) is 3. The molecule has 0 aromatic carbocycles. The van der Waals surface area contributed by atoms with E-state index in [-0.39, 0.29) is 18.0 Å². The van der Waals surface area contributed by atoms with E-state index in [2.05, 4.69) is 9.44 Å². The molecule has 2 amide bonds. The summed E-state index contributed by atoms with van der Waals surface area (Å²) in [4.78, 5) is 13.9. The van der Waals surface area contributed by atoms with Gasteiger partial charge < -0.3 is 15.2 Å². The van der Waals surface area contributed by atoms with Crippen LogP contribution < -0.4 is 5.73 Å². The van der Waals surface area contributed by atoms with Crippen LogP contribution in [-0.2, 0) is 14.7 Å². The minimum Gasteiger partial charge on any atom is -0.361 e. The maximum absolute atomic E-state index is 12.4.